The van der Waals surface area contributed by atoms with Gasteiger partial charge in [-0.1, -0.05) is 0 Å². The van der Waals surface area contributed by atoms with E-state index in [4.69, 9.17) is 0 Å². The summed E-state index contributed by atoms with van der Waals surface area (Å²) in [5, 5.41) is 11.1. The van der Waals surface area contributed by atoms with Gasteiger partial charge in [0.25, 0.3) is 5.91 Å². The number of hydrogen-bond acceptors (Lipinski definition) is 4. The fourth-order valence-corrected chi connectivity index (χ4v) is 3.84. The third-order valence-corrected chi connectivity index (χ3v) is 5.37. The summed E-state index contributed by atoms with van der Waals surface area (Å²) in [6, 6.07) is 6.08. The van der Waals surface area contributed by atoms with Crippen LogP contribution in [0.2, 0.25) is 0 Å². The zero-order valence-electron chi connectivity index (χ0n) is 14.3. The predicted molar refractivity (Wildman–Crippen MR) is 93.0 cm³/mol. The molecule has 4 rings (SSSR count). The number of aromatic amines is 1. The number of rotatable bonds is 2. The summed E-state index contributed by atoms with van der Waals surface area (Å²) < 4.78 is 13.3. The number of nitrogens with one attached hydrogen (secondary N) is 1. The van der Waals surface area contributed by atoms with E-state index < -0.39 is 6.10 Å². The fourth-order valence-electron chi connectivity index (χ4n) is 3.84. The predicted octanol–water partition coefficient (Wildman–Crippen LogP) is 0.740. The Bertz CT molecular complexity index is 784. The molecule has 6 nitrogen and oxygen atoms in total. The maximum Gasteiger partial charge on any atom is 0.270 e. The van der Waals surface area contributed by atoms with Crippen LogP contribution < -0.4 is 0 Å². The number of H-pyrrole nitrogens is 1. The molecular weight excluding hydrogens is 323 g/mol. The molecule has 1 aromatic heterocycles. The van der Waals surface area contributed by atoms with Gasteiger partial charge in [-0.2, -0.15) is 0 Å². The molecule has 2 aromatic rings. The van der Waals surface area contributed by atoms with Crippen LogP contribution in [0.1, 0.15) is 10.5 Å². The SMILES string of the molecule is CN1CCN([C@@H]2CN(C(=O)c3cc4cc(F)ccc4[nH]3)C[C@H]2O)CC1. The molecular formula is C18H23FN4O2. The quantitative estimate of drug-likeness (QED) is 0.842. The minimum Gasteiger partial charge on any atom is -0.390 e. The topological polar surface area (TPSA) is 62.8 Å². The van der Waals surface area contributed by atoms with Gasteiger partial charge >= 0.3 is 0 Å². The summed E-state index contributed by atoms with van der Waals surface area (Å²) in [7, 11) is 2.09. The smallest absolute Gasteiger partial charge is 0.270 e. The van der Waals surface area contributed by atoms with Crippen molar-refractivity contribution < 1.29 is 14.3 Å². The molecule has 0 radical (unpaired) electrons. The van der Waals surface area contributed by atoms with E-state index in [9.17, 15) is 14.3 Å². The van der Waals surface area contributed by atoms with Gasteiger partial charge in [0.2, 0.25) is 0 Å². The molecule has 25 heavy (non-hydrogen) atoms. The Morgan fingerprint density at radius 3 is 2.72 bits per heavy atom. The largest absolute Gasteiger partial charge is 0.390 e. The number of halogens is 1. The van der Waals surface area contributed by atoms with Crippen LogP contribution in [0.15, 0.2) is 24.3 Å². The van der Waals surface area contributed by atoms with Crippen molar-refractivity contribution in [1.82, 2.24) is 19.7 Å². The number of likely N-dealkylation sites (tertiary alicyclic amines) is 1. The van der Waals surface area contributed by atoms with Gasteiger partial charge in [-0.3, -0.25) is 9.69 Å². The minimum absolute atomic E-state index is 0.0144. The first-order chi connectivity index (χ1) is 12.0. The highest BCUT2D eigenvalue weighted by Crippen LogP contribution is 2.22. The highest BCUT2D eigenvalue weighted by Gasteiger charge is 2.38. The number of piperazine rings is 1. The summed E-state index contributed by atoms with van der Waals surface area (Å²) >= 11 is 0. The molecule has 0 saturated carbocycles. The Morgan fingerprint density at radius 1 is 1.20 bits per heavy atom. The molecule has 7 heteroatoms. The average molecular weight is 346 g/mol. The van der Waals surface area contributed by atoms with E-state index >= 15 is 0 Å². The van der Waals surface area contributed by atoms with E-state index in [0.29, 0.717) is 24.2 Å². The molecule has 2 N–H and O–H groups in total. The monoisotopic (exact) mass is 346 g/mol. The number of aromatic nitrogens is 1. The van der Waals surface area contributed by atoms with Crippen LogP contribution >= 0.6 is 0 Å². The lowest BCUT2D eigenvalue weighted by molar-refractivity contribution is 0.0512. The summed E-state index contributed by atoms with van der Waals surface area (Å²) in [6.45, 7) is 4.63. The molecule has 2 aliphatic rings. The van der Waals surface area contributed by atoms with Crippen LogP contribution in [-0.2, 0) is 0 Å². The van der Waals surface area contributed by atoms with Crippen molar-refractivity contribution in [3.63, 3.8) is 0 Å². The van der Waals surface area contributed by atoms with E-state index in [2.05, 4.69) is 21.8 Å². The number of nitrogens with zero attached hydrogens (tertiary/aromatic N) is 3. The second-order valence-electron chi connectivity index (χ2n) is 7.10. The van der Waals surface area contributed by atoms with Crippen molar-refractivity contribution in [3.8, 4) is 0 Å². The Balaban J connectivity index is 1.48. The first kappa shape index (κ1) is 16.5. The molecule has 3 heterocycles. The van der Waals surface area contributed by atoms with Crippen molar-refractivity contribution >= 4 is 16.8 Å². The molecule has 0 spiro atoms. The molecule has 1 amide bonds. The van der Waals surface area contributed by atoms with E-state index in [1.54, 1.807) is 17.0 Å². The van der Waals surface area contributed by atoms with Gasteiger partial charge in [-0.05, 0) is 31.3 Å². The summed E-state index contributed by atoms with van der Waals surface area (Å²) in [5.74, 6) is -0.468. The highest BCUT2D eigenvalue weighted by molar-refractivity contribution is 5.98. The molecule has 0 bridgehead atoms. The lowest BCUT2D eigenvalue weighted by Gasteiger charge is -2.37. The molecule has 0 unspecified atom stereocenters. The zero-order valence-corrected chi connectivity index (χ0v) is 14.3. The van der Waals surface area contributed by atoms with Crippen LogP contribution in [0.25, 0.3) is 10.9 Å². The van der Waals surface area contributed by atoms with Crippen LogP contribution in [0.3, 0.4) is 0 Å². The number of hydrogen-bond donors (Lipinski definition) is 2. The van der Waals surface area contributed by atoms with Crippen molar-refractivity contribution in [1.29, 1.82) is 0 Å². The number of carbonyl (C=O) groups excluding carboxylic acids is 1. The highest BCUT2D eigenvalue weighted by atomic mass is 19.1. The number of β-amino-alcohol motifs (C(OH)–C–C–N with tert-alkyl or cyclic N) is 1. The number of amides is 1. The van der Waals surface area contributed by atoms with E-state index in [1.807, 2.05) is 0 Å². The van der Waals surface area contributed by atoms with Crippen molar-refractivity contribution in [2.45, 2.75) is 12.1 Å². The fraction of sp³-hybridized carbons (Fsp3) is 0.500. The first-order valence-corrected chi connectivity index (χ1v) is 8.69. The molecule has 0 aliphatic carbocycles. The van der Waals surface area contributed by atoms with Gasteiger partial charge in [0.1, 0.15) is 11.5 Å². The second kappa shape index (κ2) is 6.40. The normalized spacial score (nSPS) is 25.8. The van der Waals surface area contributed by atoms with Crippen LogP contribution in [0.5, 0.6) is 0 Å². The number of carbonyl (C=O) groups is 1. The van der Waals surface area contributed by atoms with Gasteiger partial charge in [-0.25, -0.2) is 4.39 Å². The Kier molecular flexibility index (Phi) is 4.23. The number of fused-ring (bicyclic) bond motifs is 1. The summed E-state index contributed by atoms with van der Waals surface area (Å²) in [5.41, 5.74) is 1.17. The van der Waals surface area contributed by atoms with E-state index in [1.165, 1.54) is 12.1 Å². The number of aliphatic hydroxyl groups excluding tert-OH is 1. The molecule has 134 valence electrons. The van der Waals surface area contributed by atoms with E-state index in [0.717, 1.165) is 31.7 Å². The molecule has 2 aliphatic heterocycles. The maximum atomic E-state index is 13.3. The van der Waals surface area contributed by atoms with Gasteiger partial charge in [0, 0.05) is 50.2 Å². The van der Waals surface area contributed by atoms with Crippen molar-refractivity contribution in [2.75, 3.05) is 46.3 Å². The first-order valence-electron chi connectivity index (χ1n) is 8.69. The van der Waals surface area contributed by atoms with Gasteiger partial charge in [-0.15, -0.1) is 0 Å². The minimum atomic E-state index is -0.533. The Hall–Kier alpha value is -1.96. The second-order valence-corrected chi connectivity index (χ2v) is 7.10. The average Bonchev–Trinajstić information content (AvgIpc) is 3.18. The molecule has 2 fully saturated rings. The van der Waals surface area contributed by atoms with Gasteiger partial charge in [0.05, 0.1) is 12.1 Å². The van der Waals surface area contributed by atoms with Crippen LogP contribution in [0, 0.1) is 5.82 Å². The van der Waals surface area contributed by atoms with Crippen LogP contribution in [0.4, 0.5) is 4.39 Å². The number of benzene rings is 1. The third kappa shape index (κ3) is 3.15. The Morgan fingerprint density at radius 2 is 1.96 bits per heavy atom. The summed E-state index contributed by atoms with van der Waals surface area (Å²) in [4.78, 5) is 22.1. The lowest BCUT2D eigenvalue weighted by Crippen LogP contribution is -2.52. The van der Waals surface area contributed by atoms with Gasteiger partial charge in [0.15, 0.2) is 0 Å². The standard InChI is InChI=1S/C18H23FN4O2/c1-21-4-6-22(7-5-21)16-10-23(11-17(16)24)18(25)15-9-12-8-13(19)2-3-14(12)20-15/h2-3,8-9,16-17,20,24H,4-7,10-11H2,1H3/t16-,17-/m1/s1. The van der Waals surface area contributed by atoms with Crippen LogP contribution in [-0.4, -0.2) is 89.2 Å². The third-order valence-electron chi connectivity index (χ3n) is 5.37. The van der Waals surface area contributed by atoms with Crippen molar-refractivity contribution in [2.24, 2.45) is 0 Å². The summed E-state index contributed by atoms with van der Waals surface area (Å²) in [6.07, 6.45) is -0.533. The van der Waals surface area contributed by atoms with Crippen molar-refractivity contribution in [3.05, 3.63) is 35.8 Å². The molecule has 2 saturated heterocycles. The number of likely N-dealkylation sites (N-methyl/N-ethyl adjacent to an activating group) is 1. The van der Waals surface area contributed by atoms with E-state index in [-0.39, 0.29) is 17.8 Å². The zero-order chi connectivity index (χ0) is 17.6. The Labute approximate surface area is 145 Å². The maximum absolute atomic E-state index is 13.3. The van der Waals surface area contributed by atoms with Gasteiger partial charge < -0.3 is 19.9 Å². The lowest BCUT2D eigenvalue weighted by atomic mass is 10.1. The molecule has 2 atom stereocenters. The molecule has 1 aromatic carbocycles. The number of aliphatic hydroxyl groups is 1.